The monoisotopic (exact) mass is 327 g/mol. The molecule has 0 aliphatic rings. The number of hydrogen-bond acceptors (Lipinski definition) is 3. The fraction of sp³-hybridized carbons (Fsp3) is 0.200. The molecule has 1 N–H and O–H groups in total. The van der Waals surface area contributed by atoms with Crippen molar-refractivity contribution in [2.75, 3.05) is 4.72 Å². The van der Waals surface area contributed by atoms with Crippen LogP contribution in [-0.2, 0) is 10.0 Å². The molecule has 0 aliphatic carbocycles. The molecule has 0 unspecified atom stereocenters. The first-order chi connectivity index (χ1) is 10.3. The lowest BCUT2D eigenvalue weighted by molar-refractivity contribution is 0.242. The van der Waals surface area contributed by atoms with Crippen LogP contribution in [-0.4, -0.2) is 14.5 Å². The van der Waals surface area contributed by atoms with Crippen LogP contribution in [0, 0.1) is 11.6 Å². The molecule has 7 heteroatoms. The number of rotatable bonds is 5. The molecule has 4 nitrogen and oxygen atoms in total. The van der Waals surface area contributed by atoms with E-state index in [0.717, 1.165) is 18.2 Å². The summed E-state index contributed by atoms with van der Waals surface area (Å²) in [7, 11) is -4.35. The van der Waals surface area contributed by atoms with Crippen LogP contribution in [0.4, 0.5) is 14.5 Å². The summed E-state index contributed by atoms with van der Waals surface area (Å²) in [5, 5.41) is 0. The molecule has 22 heavy (non-hydrogen) atoms. The van der Waals surface area contributed by atoms with Crippen LogP contribution >= 0.6 is 0 Å². The quantitative estimate of drug-likeness (QED) is 0.913. The minimum absolute atomic E-state index is 0.0185. The predicted octanol–water partition coefficient (Wildman–Crippen LogP) is 3.55. The van der Waals surface area contributed by atoms with Crippen molar-refractivity contribution < 1.29 is 21.9 Å². The Morgan fingerprint density at radius 2 is 1.55 bits per heavy atom. The summed E-state index contributed by atoms with van der Waals surface area (Å²) in [6, 6.07) is 8.91. The van der Waals surface area contributed by atoms with Crippen molar-refractivity contribution in [1.29, 1.82) is 0 Å². The highest BCUT2D eigenvalue weighted by atomic mass is 32.2. The molecular formula is C15H15F2NO3S. The topological polar surface area (TPSA) is 55.4 Å². The molecule has 2 aromatic carbocycles. The van der Waals surface area contributed by atoms with Crippen molar-refractivity contribution in [2.24, 2.45) is 0 Å². The molecule has 0 spiro atoms. The molecule has 0 saturated carbocycles. The van der Waals surface area contributed by atoms with Gasteiger partial charge in [0.05, 0.1) is 6.10 Å². The molecular weight excluding hydrogens is 312 g/mol. The summed E-state index contributed by atoms with van der Waals surface area (Å²) in [5.74, 6) is -1.73. The number of anilines is 1. The summed E-state index contributed by atoms with van der Waals surface area (Å²) < 4.78 is 58.9. The van der Waals surface area contributed by atoms with Gasteiger partial charge in [0.25, 0.3) is 10.0 Å². The van der Waals surface area contributed by atoms with E-state index in [9.17, 15) is 17.2 Å². The predicted molar refractivity (Wildman–Crippen MR) is 79.4 cm³/mol. The standard InChI is InChI=1S/C15H15F2NO3S/c1-10(2)21-12-8-6-11(7-9-12)18-22(19,20)15-13(16)4-3-5-14(15)17/h3-10,18H,1-2H3. The number of hydrogen-bond donors (Lipinski definition) is 1. The molecule has 0 aliphatic heterocycles. The van der Waals surface area contributed by atoms with Gasteiger partial charge in [0.15, 0.2) is 4.90 Å². The van der Waals surface area contributed by atoms with Gasteiger partial charge in [-0.25, -0.2) is 17.2 Å². The van der Waals surface area contributed by atoms with Crippen LogP contribution < -0.4 is 9.46 Å². The van der Waals surface area contributed by atoms with Gasteiger partial charge >= 0.3 is 0 Å². The molecule has 0 saturated heterocycles. The number of benzene rings is 2. The average Bonchev–Trinajstić information content (AvgIpc) is 2.39. The highest BCUT2D eigenvalue weighted by Gasteiger charge is 2.23. The summed E-state index contributed by atoms with van der Waals surface area (Å²) >= 11 is 0. The van der Waals surface area contributed by atoms with Gasteiger partial charge in [-0.15, -0.1) is 0 Å². The number of halogens is 2. The summed E-state index contributed by atoms with van der Waals surface area (Å²) in [6.07, 6.45) is -0.0185. The van der Waals surface area contributed by atoms with Gasteiger partial charge in [-0.05, 0) is 50.2 Å². The van der Waals surface area contributed by atoms with Crippen LogP contribution in [0.3, 0.4) is 0 Å². The summed E-state index contributed by atoms with van der Waals surface area (Å²) in [6.45, 7) is 3.72. The van der Waals surface area contributed by atoms with Crippen LogP contribution in [0.5, 0.6) is 5.75 Å². The molecule has 0 amide bonds. The van der Waals surface area contributed by atoms with Crippen LogP contribution in [0.25, 0.3) is 0 Å². The Kier molecular flexibility index (Phi) is 4.65. The second-order valence-corrected chi connectivity index (χ2v) is 6.47. The SMILES string of the molecule is CC(C)Oc1ccc(NS(=O)(=O)c2c(F)cccc2F)cc1. The van der Waals surface area contributed by atoms with Crippen molar-refractivity contribution in [1.82, 2.24) is 0 Å². The fourth-order valence-corrected chi connectivity index (χ4v) is 3.02. The van der Waals surface area contributed by atoms with Crippen LogP contribution in [0.1, 0.15) is 13.8 Å². The van der Waals surface area contributed by atoms with Gasteiger partial charge in [0.1, 0.15) is 17.4 Å². The van der Waals surface area contributed by atoms with Crippen LogP contribution in [0.2, 0.25) is 0 Å². The van der Waals surface area contributed by atoms with E-state index in [4.69, 9.17) is 4.74 Å². The highest BCUT2D eigenvalue weighted by molar-refractivity contribution is 7.92. The van der Waals surface area contributed by atoms with Gasteiger partial charge in [-0.1, -0.05) is 6.07 Å². The molecule has 2 aromatic rings. The Labute approximate surface area is 127 Å². The van der Waals surface area contributed by atoms with E-state index in [0.29, 0.717) is 5.75 Å². The van der Waals surface area contributed by atoms with Crippen molar-refractivity contribution >= 4 is 15.7 Å². The first-order valence-corrected chi connectivity index (χ1v) is 8.01. The zero-order valence-corrected chi connectivity index (χ0v) is 12.8. The van der Waals surface area contributed by atoms with E-state index >= 15 is 0 Å². The van der Waals surface area contributed by atoms with E-state index < -0.39 is 26.6 Å². The zero-order chi connectivity index (χ0) is 16.3. The Morgan fingerprint density at radius 1 is 1.00 bits per heavy atom. The summed E-state index contributed by atoms with van der Waals surface area (Å²) in [4.78, 5) is -1.00. The highest BCUT2D eigenvalue weighted by Crippen LogP contribution is 2.23. The fourth-order valence-electron chi connectivity index (χ4n) is 1.82. The number of sulfonamides is 1. The largest absolute Gasteiger partial charge is 0.491 e. The second kappa shape index (κ2) is 6.31. The summed E-state index contributed by atoms with van der Waals surface area (Å²) in [5.41, 5.74) is 0.179. The number of ether oxygens (including phenoxy) is 1. The van der Waals surface area contributed by atoms with Crippen molar-refractivity contribution in [3.05, 3.63) is 54.1 Å². The van der Waals surface area contributed by atoms with E-state index in [1.807, 2.05) is 13.8 Å². The third-order valence-corrected chi connectivity index (χ3v) is 4.10. The molecule has 0 aromatic heterocycles. The third-order valence-electron chi connectivity index (χ3n) is 2.67. The smallest absolute Gasteiger partial charge is 0.267 e. The molecule has 118 valence electrons. The first-order valence-electron chi connectivity index (χ1n) is 6.53. The lowest BCUT2D eigenvalue weighted by Gasteiger charge is -2.12. The van der Waals surface area contributed by atoms with Gasteiger partial charge in [0.2, 0.25) is 0 Å². The third kappa shape index (κ3) is 3.73. The second-order valence-electron chi connectivity index (χ2n) is 4.85. The minimum Gasteiger partial charge on any atom is -0.491 e. The average molecular weight is 327 g/mol. The molecule has 0 fully saturated rings. The first kappa shape index (κ1) is 16.2. The van der Waals surface area contributed by atoms with E-state index in [2.05, 4.69) is 4.72 Å². The molecule has 0 bridgehead atoms. The van der Waals surface area contributed by atoms with E-state index in [-0.39, 0.29) is 11.8 Å². The van der Waals surface area contributed by atoms with E-state index in [1.54, 1.807) is 12.1 Å². The maximum absolute atomic E-state index is 13.6. The van der Waals surface area contributed by atoms with Crippen molar-refractivity contribution in [3.63, 3.8) is 0 Å². The maximum Gasteiger partial charge on any atom is 0.267 e. The van der Waals surface area contributed by atoms with Gasteiger partial charge in [0, 0.05) is 5.69 Å². The lowest BCUT2D eigenvalue weighted by Crippen LogP contribution is -2.16. The Hall–Kier alpha value is -2.15. The van der Waals surface area contributed by atoms with E-state index in [1.165, 1.54) is 12.1 Å². The Morgan fingerprint density at radius 3 is 2.05 bits per heavy atom. The molecule has 0 heterocycles. The normalized spacial score (nSPS) is 11.5. The minimum atomic E-state index is -4.35. The lowest BCUT2D eigenvalue weighted by atomic mass is 10.3. The molecule has 0 atom stereocenters. The zero-order valence-electron chi connectivity index (χ0n) is 12.0. The Bertz CT molecular complexity index is 739. The van der Waals surface area contributed by atoms with Gasteiger partial charge in [-0.2, -0.15) is 0 Å². The molecule has 0 radical (unpaired) electrons. The van der Waals surface area contributed by atoms with Crippen molar-refractivity contribution in [2.45, 2.75) is 24.8 Å². The van der Waals surface area contributed by atoms with Gasteiger partial charge in [-0.3, -0.25) is 4.72 Å². The Balaban J connectivity index is 2.26. The maximum atomic E-state index is 13.6. The molecule has 2 rings (SSSR count). The van der Waals surface area contributed by atoms with Gasteiger partial charge < -0.3 is 4.74 Å². The number of nitrogens with one attached hydrogen (secondary N) is 1. The van der Waals surface area contributed by atoms with Crippen LogP contribution in [0.15, 0.2) is 47.4 Å². The van der Waals surface area contributed by atoms with Crippen molar-refractivity contribution in [3.8, 4) is 5.75 Å².